The first kappa shape index (κ1) is 14.4. The van der Waals surface area contributed by atoms with E-state index in [9.17, 15) is 0 Å². The van der Waals surface area contributed by atoms with Gasteiger partial charge in [0.15, 0.2) is 0 Å². The molecule has 0 N–H and O–H groups in total. The average molecular weight is 296 g/mol. The van der Waals surface area contributed by atoms with E-state index < -0.39 is 0 Å². The van der Waals surface area contributed by atoms with Crippen LogP contribution in [-0.2, 0) is 16.0 Å². The van der Waals surface area contributed by atoms with Crippen molar-refractivity contribution in [1.82, 2.24) is 9.88 Å². The van der Waals surface area contributed by atoms with Crippen molar-refractivity contribution < 1.29 is 9.47 Å². The number of rotatable bonds is 3. The van der Waals surface area contributed by atoms with Crippen LogP contribution in [0.5, 0.6) is 0 Å². The molecule has 1 atom stereocenters. The van der Waals surface area contributed by atoms with Crippen LogP contribution in [0.25, 0.3) is 0 Å². The number of nitrogens with zero attached hydrogens (tertiary/aromatic N) is 2. The summed E-state index contributed by atoms with van der Waals surface area (Å²) in [5, 5.41) is 3.33. The maximum absolute atomic E-state index is 6.15. The van der Waals surface area contributed by atoms with Crippen LogP contribution in [0.15, 0.2) is 5.38 Å². The Bertz CT molecular complexity index is 441. The van der Waals surface area contributed by atoms with Crippen LogP contribution >= 0.6 is 11.3 Å². The molecule has 1 spiro atoms. The molecule has 2 saturated heterocycles. The Morgan fingerprint density at radius 2 is 2.30 bits per heavy atom. The zero-order chi connectivity index (χ0) is 14.0. The third kappa shape index (κ3) is 2.91. The van der Waals surface area contributed by atoms with Crippen molar-refractivity contribution in [2.45, 2.75) is 50.9 Å². The topological polar surface area (TPSA) is 34.6 Å². The SMILES string of the molecule is CO[C@@H]1CCCOC12CCN(Cc1csc(C)n1)CC2. The zero-order valence-corrected chi connectivity index (χ0v) is 13.2. The number of aryl methyl sites for hydroxylation is 1. The molecule has 0 bridgehead atoms. The summed E-state index contributed by atoms with van der Waals surface area (Å²) in [6, 6.07) is 0. The quantitative estimate of drug-likeness (QED) is 0.859. The van der Waals surface area contributed by atoms with Gasteiger partial charge in [0.2, 0.25) is 0 Å². The van der Waals surface area contributed by atoms with E-state index in [4.69, 9.17) is 9.47 Å². The van der Waals surface area contributed by atoms with Gasteiger partial charge < -0.3 is 9.47 Å². The Kier molecular flexibility index (Phi) is 4.40. The Labute approximate surface area is 125 Å². The highest BCUT2D eigenvalue weighted by Gasteiger charge is 2.44. The number of piperidine rings is 1. The van der Waals surface area contributed by atoms with Crippen molar-refractivity contribution in [2.24, 2.45) is 0 Å². The second kappa shape index (κ2) is 6.10. The lowest BCUT2D eigenvalue weighted by molar-refractivity contribution is -0.186. The van der Waals surface area contributed by atoms with Crippen LogP contribution in [0.2, 0.25) is 0 Å². The summed E-state index contributed by atoms with van der Waals surface area (Å²) < 4.78 is 11.8. The molecular weight excluding hydrogens is 272 g/mol. The van der Waals surface area contributed by atoms with E-state index in [0.29, 0.717) is 0 Å². The zero-order valence-electron chi connectivity index (χ0n) is 12.4. The van der Waals surface area contributed by atoms with Crippen molar-refractivity contribution in [3.05, 3.63) is 16.1 Å². The van der Waals surface area contributed by atoms with Gasteiger partial charge in [-0.1, -0.05) is 0 Å². The smallest absolute Gasteiger partial charge is 0.0967 e. The average Bonchev–Trinajstić information content (AvgIpc) is 2.87. The predicted octanol–water partition coefficient (Wildman–Crippen LogP) is 2.61. The molecule has 0 amide bonds. The van der Waals surface area contributed by atoms with Crippen molar-refractivity contribution in [3.63, 3.8) is 0 Å². The van der Waals surface area contributed by atoms with Gasteiger partial charge in [0.05, 0.1) is 22.4 Å². The Hall–Kier alpha value is -0.490. The first-order valence-electron chi connectivity index (χ1n) is 7.52. The van der Waals surface area contributed by atoms with Gasteiger partial charge in [-0.25, -0.2) is 4.98 Å². The maximum Gasteiger partial charge on any atom is 0.0967 e. The van der Waals surface area contributed by atoms with Crippen LogP contribution in [0.3, 0.4) is 0 Å². The molecule has 20 heavy (non-hydrogen) atoms. The van der Waals surface area contributed by atoms with Gasteiger partial charge in [0.25, 0.3) is 0 Å². The largest absolute Gasteiger partial charge is 0.378 e. The van der Waals surface area contributed by atoms with Crippen LogP contribution < -0.4 is 0 Å². The second-order valence-electron chi connectivity index (χ2n) is 5.91. The summed E-state index contributed by atoms with van der Waals surface area (Å²) in [6.07, 6.45) is 4.70. The maximum atomic E-state index is 6.15. The minimum Gasteiger partial charge on any atom is -0.378 e. The third-order valence-corrected chi connectivity index (χ3v) is 5.45. The molecule has 0 aliphatic carbocycles. The third-order valence-electron chi connectivity index (χ3n) is 4.63. The molecule has 2 aliphatic rings. The highest BCUT2D eigenvalue weighted by molar-refractivity contribution is 7.09. The van der Waals surface area contributed by atoms with Crippen molar-refractivity contribution in [1.29, 1.82) is 0 Å². The highest BCUT2D eigenvalue weighted by atomic mass is 32.1. The van der Waals surface area contributed by atoms with Gasteiger partial charge in [-0.3, -0.25) is 4.90 Å². The number of ether oxygens (including phenoxy) is 2. The predicted molar refractivity (Wildman–Crippen MR) is 80.1 cm³/mol. The lowest BCUT2D eigenvalue weighted by atomic mass is 9.82. The number of thiazole rings is 1. The van der Waals surface area contributed by atoms with Crippen molar-refractivity contribution in [3.8, 4) is 0 Å². The van der Waals surface area contributed by atoms with Gasteiger partial charge in [-0.05, 0) is 32.6 Å². The first-order valence-corrected chi connectivity index (χ1v) is 8.40. The van der Waals surface area contributed by atoms with E-state index >= 15 is 0 Å². The van der Waals surface area contributed by atoms with Gasteiger partial charge in [-0.2, -0.15) is 0 Å². The monoisotopic (exact) mass is 296 g/mol. The molecule has 1 aromatic rings. The number of aromatic nitrogens is 1. The van der Waals surface area contributed by atoms with E-state index in [-0.39, 0.29) is 11.7 Å². The van der Waals surface area contributed by atoms with Crippen LogP contribution in [0.4, 0.5) is 0 Å². The molecule has 112 valence electrons. The molecule has 3 heterocycles. The minimum absolute atomic E-state index is 0.0263. The van der Waals surface area contributed by atoms with Gasteiger partial charge in [0, 0.05) is 38.7 Å². The van der Waals surface area contributed by atoms with E-state index in [1.54, 1.807) is 11.3 Å². The van der Waals surface area contributed by atoms with Crippen LogP contribution in [-0.4, -0.2) is 48.4 Å². The van der Waals surface area contributed by atoms with Crippen LogP contribution in [0.1, 0.15) is 36.4 Å². The van der Waals surface area contributed by atoms with Gasteiger partial charge in [0.1, 0.15) is 0 Å². The molecule has 1 aromatic heterocycles. The summed E-state index contributed by atoms with van der Waals surface area (Å²) in [7, 11) is 1.82. The Morgan fingerprint density at radius 1 is 1.50 bits per heavy atom. The van der Waals surface area contributed by atoms with Crippen molar-refractivity contribution in [2.75, 3.05) is 26.8 Å². The Balaban J connectivity index is 1.58. The minimum atomic E-state index is -0.0263. The summed E-state index contributed by atoms with van der Waals surface area (Å²) >= 11 is 1.74. The first-order chi connectivity index (χ1) is 9.72. The Morgan fingerprint density at radius 3 is 2.95 bits per heavy atom. The molecule has 2 aliphatic heterocycles. The molecule has 0 unspecified atom stereocenters. The van der Waals surface area contributed by atoms with Crippen LogP contribution in [0, 0.1) is 6.92 Å². The normalized spacial score (nSPS) is 27.0. The molecule has 0 aromatic carbocycles. The molecule has 2 fully saturated rings. The molecule has 0 saturated carbocycles. The van der Waals surface area contributed by atoms with Gasteiger partial charge in [-0.15, -0.1) is 11.3 Å². The summed E-state index contributed by atoms with van der Waals surface area (Å²) in [4.78, 5) is 7.05. The fraction of sp³-hybridized carbons (Fsp3) is 0.800. The summed E-state index contributed by atoms with van der Waals surface area (Å²) in [6.45, 7) is 6.09. The standard InChI is InChI=1S/C15H24N2O2S/c1-12-16-13(11-20-12)10-17-7-5-15(6-8-17)14(18-2)4-3-9-19-15/h11,14H,3-10H2,1-2H3/t14-/m1/s1. The summed E-state index contributed by atoms with van der Waals surface area (Å²) in [5.74, 6) is 0. The molecule has 0 radical (unpaired) electrons. The number of methoxy groups -OCH3 is 1. The summed E-state index contributed by atoms with van der Waals surface area (Å²) in [5.41, 5.74) is 1.18. The lowest BCUT2D eigenvalue weighted by Crippen LogP contribution is -2.55. The second-order valence-corrected chi connectivity index (χ2v) is 6.98. The number of likely N-dealkylation sites (tertiary alicyclic amines) is 1. The van der Waals surface area contributed by atoms with E-state index in [1.165, 1.54) is 5.69 Å². The molecule has 3 rings (SSSR count). The van der Waals surface area contributed by atoms with Crippen molar-refractivity contribution >= 4 is 11.3 Å². The fourth-order valence-electron chi connectivity index (χ4n) is 3.50. The fourth-order valence-corrected chi connectivity index (χ4v) is 4.10. The molecule has 5 heteroatoms. The number of hydrogen-bond donors (Lipinski definition) is 0. The highest BCUT2D eigenvalue weighted by Crippen LogP contribution is 2.37. The lowest BCUT2D eigenvalue weighted by Gasteiger charge is -2.48. The molecular formula is C15H24N2O2S. The van der Waals surface area contributed by atoms with E-state index in [0.717, 1.165) is 56.9 Å². The van der Waals surface area contributed by atoms with E-state index in [2.05, 4.69) is 22.2 Å². The van der Waals surface area contributed by atoms with E-state index in [1.807, 2.05) is 7.11 Å². The van der Waals surface area contributed by atoms with Gasteiger partial charge >= 0.3 is 0 Å². The molecule has 4 nitrogen and oxygen atoms in total. The number of hydrogen-bond acceptors (Lipinski definition) is 5.